The van der Waals surface area contributed by atoms with E-state index in [0.717, 1.165) is 36.7 Å². The summed E-state index contributed by atoms with van der Waals surface area (Å²) < 4.78 is 0. The molecule has 1 N–H and O–H groups in total. The zero-order valence-corrected chi connectivity index (χ0v) is 14.5. The normalized spacial score (nSPS) is 15.2. The predicted molar refractivity (Wildman–Crippen MR) is 97.2 cm³/mol. The minimum atomic E-state index is -0.0744. The highest BCUT2D eigenvalue weighted by molar-refractivity contribution is 6.04. The van der Waals surface area contributed by atoms with Gasteiger partial charge >= 0.3 is 0 Å². The Morgan fingerprint density at radius 3 is 2.46 bits per heavy atom. The van der Waals surface area contributed by atoms with Gasteiger partial charge in [-0.3, -0.25) is 14.7 Å². The van der Waals surface area contributed by atoms with E-state index in [-0.39, 0.29) is 5.91 Å². The average Bonchev–Trinajstić information content (AvgIpc) is 2.56. The molecule has 4 heteroatoms. The molecule has 0 spiro atoms. The topological polar surface area (TPSA) is 45.2 Å². The number of likely N-dealkylation sites (tertiary alicyclic amines) is 1. The molecule has 1 aliphatic rings. The van der Waals surface area contributed by atoms with Gasteiger partial charge in [0.05, 0.1) is 0 Å². The van der Waals surface area contributed by atoms with Crippen molar-refractivity contribution in [3.8, 4) is 0 Å². The molecule has 24 heavy (non-hydrogen) atoms. The lowest BCUT2D eigenvalue weighted by atomic mass is 10.1. The number of aromatic nitrogens is 1. The monoisotopic (exact) mass is 323 g/mol. The average molecular weight is 323 g/mol. The first-order valence-electron chi connectivity index (χ1n) is 8.69. The Morgan fingerprint density at radius 1 is 1.08 bits per heavy atom. The van der Waals surface area contributed by atoms with Gasteiger partial charge in [0.1, 0.15) is 0 Å². The molecular weight excluding hydrogens is 298 g/mol. The zero-order chi connectivity index (χ0) is 16.9. The second-order valence-electron chi connectivity index (χ2n) is 6.59. The van der Waals surface area contributed by atoms with Crippen LogP contribution in [0.2, 0.25) is 0 Å². The second kappa shape index (κ2) is 7.58. The first kappa shape index (κ1) is 16.7. The van der Waals surface area contributed by atoms with E-state index in [9.17, 15) is 4.79 Å². The number of carbonyl (C=O) groups is 1. The number of rotatable bonds is 4. The van der Waals surface area contributed by atoms with Gasteiger partial charge in [-0.2, -0.15) is 0 Å². The fraction of sp³-hybridized carbons (Fsp3) is 0.400. The standard InChI is InChI=1S/C20H25N3O/c1-15-12-18(13-16(2)21-15)20(24)22-19-9-5-4-8-17(19)14-23-10-6-3-7-11-23/h4-5,8-9,12-13H,3,6-7,10-11,14H2,1-2H3,(H,22,24). The summed E-state index contributed by atoms with van der Waals surface area (Å²) >= 11 is 0. The van der Waals surface area contributed by atoms with Gasteiger partial charge in [-0.15, -0.1) is 0 Å². The largest absolute Gasteiger partial charge is 0.322 e. The summed E-state index contributed by atoms with van der Waals surface area (Å²) in [5.74, 6) is -0.0744. The lowest BCUT2D eigenvalue weighted by molar-refractivity contribution is 0.102. The van der Waals surface area contributed by atoms with E-state index in [4.69, 9.17) is 0 Å². The molecule has 1 aromatic carbocycles. The number of piperidine rings is 1. The predicted octanol–water partition coefficient (Wildman–Crippen LogP) is 3.94. The van der Waals surface area contributed by atoms with Crippen molar-refractivity contribution < 1.29 is 4.79 Å². The molecule has 0 unspecified atom stereocenters. The molecule has 1 aromatic heterocycles. The van der Waals surface area contributed by atoms with E-state index >= 15 is 0 Å². The van der Waals surface area contributed by atoms with Gasteiger partial charge < -0.3 is 5.32 Å². The van der Waals surface area contributed by atoms with Gasteiger partial charge in [-0.1, -0.05) is 24.6 Å². The molecule has 4 nitrogen and oxygen atoms in total. The number of aryl methyl sites for hydroxylation is 2. The summed E-state index contributed by atoms with van der Waals surface area (Å²) in [5.41, 5.74) is 4.46. The third-order valence-corrected chi connectivity index (χ3v) is 4.45. The molecule has 0 aliphatic carbocycles. The highest BCUT2D eigenvalue weighted by atomic mass is 16.1. The van der Waals surface area contributed by atoms with E-state index in [1.54, 1.807) is 0 Å². The van der Waals surface area contributed by atoms with Gasteiger partial charge in [0.25, 0.3) is 5.91 Å². The first-order chi connectivity index (χ1) is 11.6. The Hall–Kier alpha value is -2.20. The molecule has 1 fully saturated rings. The molecule has 1 saturated heterocycles. The molecule has 0 atom stereocenters. The van der Waals surface area contributed by atoms with Crippen molar-refractivity contribution in [1.82, 2.24) is 9.88 Å². The van der Waals surface area contributed by atoms with E-state index in [2.05, 4.69) is 21.3 Å². The van der Waals surface area contributed by atoms with Gasteiger partial charge in [0.15, 0.2) is 0 Å². The van der Waals surface area contributed by atoms with Gasteiger partial charge in [0.2, 0.25) is 0 Å². The first-order valence-corrected chi connectivity index (χ1v) is 8.69. The van der Waals surface area contributed by atoms with E-state index in [1.807, 2.05) is 44.2 Å². The Kier molecular flexibility index (Phi) is 5.26. The van der Waals surface area contributed by atoms with Crippen molar-refractivity contribution in [2.75, 3.05) is 18.4 Å². The van der Waals surface area contributed by atoms with Crippen LogP contribution >= 0.6 is 0 Å². The van der Waals surface area contributed by atoms with Crippen molar-refractivity contribution in [2.24, 2.45) is 0 Å². The smallest absolute Gasteiger partial charge is 0.255 e. The molecule has 2 aromatic rings. The van der Waals surface area contributed by atoms with Crippen LogP contribution in [0.3, 0.4) is 0 Å². The van der Waals surface area contributed by atoms with E-state index < -0.39 is 0 Å². The summed E-state index contributed by atoms with van der Waals surface area (Å²) in [4.78, 5) is 19.4. The summed E-state index contributed by atoms with van der Waals surface area (Å²) in [6.45, 7) is 7.00. The minimum Gasteiger partial charge on any atom is -0.322 e. The number of pyridine rings is 1. The van der Waals surface area contributed by atoms with Crippen LogP contribution in [0.25, 0.3) is 0 Å². The van der Waals surface area contributed by atoms with Gasteiger partial charge in [-0.25, -0.2) is 0 Å². The SMILES string of the molecule is Cc1cc(C(=O)Nc2ccccc2CN2CCCCC2)cc(C)n1. The molecule has 0 saturated carbocycles. The molecule has 0 radical (unpaired) electrons. The molecule has 3 rings (SSSR count). The summed E-state index contributed by atoms with van der Waals surface area (Å²) in [6.07, 6.45) is 3.86. The number of nitrogens with zero attached hydrogens (tertiary/aromatic N) is 2. The molecule has 2 heterocycles. The van der Waals surface area contributed by atoms with Crippen LogP contribution in [0, 0.1) is 13.8 Å². The van der Waals surface area contributed by atoms with Crippen LogP contribution in [0.4, 0.5) is 5.69 Å². The Labute approximate surface area is 143 Å². The number of para-hydroxylation sites is 1. The van der Waals surface area contributed by atoms with Crippen LogP contribution in [-0.4, -0.2) is 28.9 Å². The number of hydrogen-bond donors (Lipinski definition) is 1. The van der Waals surface area contributed by atoms with Crippen molar-refractivity contribution in [2.45, 2.75) is 39.7 Å². The Morgan fingerprint density at radius 2 is 1.75 bits per heavy atom. The Bertz CT molecular complexity index is 700. The quantitative estimate of drug-likeness (QED) is 0.927. The van der Waals surface area contributed by atoms with Crippen LogP contribution < -0.4 is 5.32 Å². The molecule has 1 amide bonds. The third-order valence-electron chi connectivity index (χ3n) is 4.45. The van der Waals surface area contributed by atoms with Gasteiger partial charge in [0, 0.05) is 29.2 Å². The Balaban J connectivity index is 1.75. The van der Waals surface area contributed by atoms with Crippen molar-refractivity contribution in [1.29, 1.82) is 0 Å². The number of anilines is 1. The maximum absolute atomic E-state index is 12.6. The van der Waals surface area contributed by atoms with Crippen molar-refractivity contribution in [3.05, 3.63) is 58.9 Å². The number of amides is 1. The van der Waals surface area contributed by atoms with Crippen molar-refractivity contribution >= 4 is 11.6 Å². The number of benzene rings is 1. The van der Waals surface area contributed by atoms with Crippen LogP contribution in [0.1, 0.15) is 46.6 Å². The maximum Gasteiger partial charge on any atom is 0.255 e. The lowest BCUT2D eigenvalue weighted by Gasteiger charge is -2.27. The third kappa shape index (κ3) is 4.20. The fourth-order valence-corrected chi connectivity index (χ4v) is 3.30. The second-order valence-corrected chi connectivity index (χ2v) is 6.59. The molecule has 0 bridgehead atoms. The van der Waals surface area contributed by atoms with E-state index in [0.29, 0.717) is 5.56 Å². The lowest BCUT2D eigenvalue weighted by Crippen LogP contribution is -2.29. The summed E-state index contributed by atoms with van der Waals surface area (Å²) in [5, 5.41) is 3.08. The van der Waals surface area contributed by atoms with E-state index in [1.165, 1.54) is 24.8 Å². The summed E-state index contributed by atoms with van der Waals surface area (Å²) in [7, 11) is 0. The van der Waals surface area contributed by atoms with Crippen LogP contribution in [-0.2, 0) is 6.54 Å². The molecule has 1 aliphatic heterocycles. The van der Waals surface area contributed by atoms with Crippen LogP contribution in [0.5, 0.6) is 0 Å². The minimum absolute atomic E-state index is 0.0744. The maximum atomic E-state index is 12.6. The number of nitrogens with one attached hydrogen (secondary N) is 1. The highest BCUT2D eigenvalue weighted by Gasteiger charge is 2.14. The summed E-state index contributed by atoms with van der Waals surface area (Å²) in [6, 6.07) is 11.8. The van der Waals surface area contributed by atoms with Crippen LogP contribution in [0.15, 0.2) is 36.4 Å². The number of hydrogen-bond acceptors (Lipinski definition) is 3. The molecular formula is C20H25N3O. The number of carbonyl (C=O) groups excluding carboxylic acids is 1. The molecule has 126 valence electrons. The van der Waals surface area contributed by atoms with Crippen molar-refractivity contribution in [3.63, 3.8) is 0 Å². The van der Waals surface area contributed by atoms with Gasteiger partial charge in [-0.05, 0) is 63.5 Å². The zero-order valence-electron chi connectivity index (χ0n) is 14.5. The fourth-order valence-electron chi connectivity index (χ4n) is 3.30. The highest BCUT2D eigenvalue weighted by Crippen LogP contribution is 2.20.